The molecular weight excluding hydrogens is 506 g/mol. The van der Waals surface area contributed by atoms with E-state index in [-0.39, 0.29) is 29.3 Å². The van der Waals surface area contributed by atoms with Gasteiger partial charge in [-0.2, -0.15) is 0 Å². The Morgan fingerprint density at radius 1 is 1.08 bits per heavy atom. The number of methoxy groups -OCH3 is 1. The molecule has 0 bridgehead atoms. The van der Waals surface area contributed by atoms with Gasteiger partial charge in [0, 0.05) is 31.9 Å². The van der Waals surface area contributed by atoms with Crippen molar-refractivity contribution in [1.29, 1.82) is 0 Å². The zero-order valence-corrected chi connectivity index (χ0v) is 20.9. The maximum Gasteiger partial charge on any atom is 0.168 e. The van der Waals surface area contributed by atoms with E-state index in [9.17, 15) is 24.1 Å². The van der Waals surface area contributed by atoms with Gasteiger partial charge in [-0.1, -0.05) is 16.5 Å². The van der Waals surface area contributed by atoms with E-state index in [0.29, 0.717) is 25.3 Å². The van der Waals surface area contributed by atoms with Gasteiger partial charge in [0.15, 0.2) is 11.6 Å². The zero-order valence-electron chi connectivity index (χ0n) is 20.9. The highest BCUT2D eigenvalue weighted by atomic mass is 19.2. The number of aliphatic hydroxyl groups is 3. The molecule has 0 radical (unpaired) electrons. The number of hydrogen-bond donors (Lipinski definition) is 3. The molecule has 2 saturated heterocycles. The maximum atomic E-state index is 14.6. The van der Waals surface area contributed by atoms with Crippen LogP contribution < -0.4 is 0 Å². The fraction of sp³-hybridized carbons (Fsp3) is 0.583. The Balaban J connectivity index is 1.41. The number of aromatic nitrogens is 6. The summed E-state index contributed by atoms with van der Waals surface area (Å²) in [6.07, 6.45) is -0.529. The van der Waals surface area contributed by atoms with Crippen LogP contribution in [0.3, 0.4) is 0 Å². The Bertz CT molecular complexity index is 1260. The summed E-state index contributed by atoms with van der Waals surface area (Å²) >= 11 is 0. The minimum Gasteiger partial charge on any atom is -0.394 e. The van der Waals surface area contributed by atoms with E-state index in [1.807, 2.05) is 0 Å². The Morgan fingerprint density at radius 3 is 2.61 bits per heavy atom. The Kier molecular flexibility index (Phi) is 7.79. The van der Waals surface area contributed by atoms with Crippen LogP contribution in [0, 0.1) is 18.6 Å². The summed E-state index contributed by atoms with van der Waals surface area (Å²) in [7, 11) is 1.44. The van der Waals surface area contributed by atoms with Crippen molar-refractivity contribution in [2.45, 2.75) is 62.4 Å². The molecule has 5 rings (SSSR count). The zero-order chi connectivity index (χ0) is 27.0. The predicted molar refractivity (Wildman–Crippen MR) is 126 cm³/mol. The summed E-state index contributed by atoms with van der Waals surface area (Å²) in [5, 5.41) is 47.6. The van der Waals surface area contributed by atoms with Gasteiger partial charge >= 0.3 is 0 Å². The Morgan fingerprint density at radius 2 is 1.87 bits per heavy atom. The Hall–Kier alpha value is -2.88. The molecule has 3 N–H and O–H groups in total. The number of halogens is 2. The topological polar surface area (TPSA) is 150 Å². The van der Waals surface area contributed by atoms with E-state index in [4.69, 9.17) is 14.2 Å². The van der Waals surface area contributed by atoms with E-state index in [0.717, 1.165) is 0 Å². The number of benzene rings is 1. The van der Waals surface area contributed by atoms with Gasteiger partial charge in [-0.25, -0.2) is 18.1 Å². The molecule has 2 aliphatic rings. The third kappa shape index (κ3) is 4.95. The van der Waals surface area contributed by atoms with Crippen LogP contribution in [0.5, 0.6) is 0 Å². The molecule has 1 aromatic carbocycles. The first kappa shape index (κ1) is 26.7. The molecule has 2 aromatic heterocycles. The second-order valence-corrected chi connectivity index (χ2v) is 9.61. The van der Waals surface area contributed by atoms with Gasteiger partial charge in [0.25, 0.3) is 0 Å². The highest BCUT2D eigenvalue weighted by molar-refractivity contribution is 5.59. The van der Waals surface area contributed by atoms with Gasteiger partial charge in [0.1, 0.15) is 36.1 Å². The summed E-state index contributed by atoms with van der Waals surface area (Å²) in [6.45, 7) is 1.76. The Labute approximate surface area is 216 Å². The summed E-state index contributed by atoms with van der Waals surface area (Å²) in [4.78, 5) is 0. The fourth-order valence-electron chi connectivity index (χ4n) is 5.06. The van der Waals surface area contributed by atoms with Crippen LogP contribution in [0.2, 0.25) is 0 Å². The number of rotatable bonds is 7. The molecule has 0 aliphatic carbocycles. The normalized spacial score (nSPS) is 30.0. The number of nitrogens with zero attached hydrogens (tertiary/aromatic N) is 6. The maximum absolute atomic E-state index is 14.6. The van der Waals surface area contributed by atoms with E-state index in [1.54, 1.807) is 10.9 Å². The summed E-state index contributed by atoms with van der Waals surface area (Å²) < 4.78 is 48.7. The van der Waals surface area contributed by atoms with Gasteiger partial charge in [0.05, 0.1) is 37.3 Å². The average molecular weight is 537 g/mol. The second kappa shape index (κ2) is 11.1. The van der Waals surface area contributed by atoms with E-state index >= 15 is 0 Å². The molecule has 0 spiro atoms. The quantitative estimate of drug-likeness (QED) is 0.386. The number of ether oxygens (including phenoxy) is 3. The first-order valence-electron chi connectivity index (χ1n) is 12.3. The van der Waals surface area contributed by atoms with Crippen molar-refractivity contribution in [1.82, 2.24) is 30.0 Å². The van der Waals surface area contributed by atoms with Crippen LogP contribution in [0.25, 0.3) is 11.3 Å². The summed E-state index contributed by atoms with van der Waals surface area (Å²) in [5.74, 6) is -2.02. The van der Waals surface area contributed by atoms with Crippen molar-refractivity contribution in [2.24, 2.45) is 0 Å². The number of aryl methyl sites for hydroxylation is 1. The van der Waals surface area contributed by atoms with Crippen molar-refractivity contribution in [2.75, 3.05) is 26.9 Å². The largest absolute Gasteiger partial charge is 0.394 e. The van der Waals surface area contributed by atoms with Crippen LogP contribution >= 0.6 is 0 Å². The molecule has 4 heterocycles. The van der Waals surface area contributed by atoms with E-state index in [1.165, 1.54) is 37.0 Å². The minimum atomic E-state index is -1.25. The van der Waals surface area contributed by atoms with Crippen molar-refractivity contribution in [3.05, 3.63) is 47.4 Å². The van der Waals surface area contributed by atoms with Crippen LogP contribution in [0.4, 0.5) is 8.78 Å². The highest BCUT2D eigenvalue weighted by Gasteiger charge is 2.47. The van der Waals surface area contributed by atoms with Crippen LogP contribution in [0.15, 0.2) is 24.5 Å². The minimum absolute atomic E-state index is 0.0724. The van der Waals surface area contributed by atoms with Gasteiger partial charge in [-0.15, -0.1) is 10.2 Å². The number of hydrogen-bond acceptors (Lipinski definition) is 10. The average Bonchev–Trinajstić information content (AvgIpc) is 3.58. The molecule has 3 aromatic rings. The SMILES string of the molecule is CO[C@@H]1[C@@H](n2cc(-c3ccc(C)c(F)c3F)nn2)[C@@H](O)[C@@H](CO)O[C@@H]1Cc1cn([C@@H]2COCC[C@H]2O)nn1. The van der Waals surface area contributed by atoms with Crippen molar-refractivity contribution in [3.63, 3.8) is 0 Å². The van der Waals surface area contributed by atoms with E-state index in [2.05, 4.69) is 20.6 Å². The fourth-order valence-corrected chi connectivity index (χ4v) is 5.06. The van der Waals surface area contributed by atoms with Crippen molar-refractivity contribution in [3.8, 4) is 11.3 Å². The molecule has 2 aliphatic heterocycles. The van der Waals surface area contributed by atoms with Gasteiger partial charge in [0.2, 0.25) is 0 Å². The summed E-state index contributed by atoms with van der Waals surface area (Å²) in [5.41, 5.74) is 0.700. The molecule has 0 amide bonds. The van der Waals surface area contributed by atoms with Gasteiger partial charge in [-0.05, 0) is 25.0 Å². The lowest BCUT2D eigenvalue weighted by molar-refractivity contribution is -0.212. The molecule has 0 saturated carbocycles. The molecule has 7 atom stereocenters. The third-order valence-electron chi connectivity index (χ3n) is 7.20. The van der Waals surface area contributed by atoms with E-state index < -0.39 is 54.8 Å². The van der Waals surface area contributed by atoms with Crippen LogP contribution in [0.1, 0.15) is 29.8 Å². The third-order valence-corrected chi connectivity index (χ3v) is 7.20. The van der Waals surface area contributed by atoms with Crippen molar-refractivity contribution >= 4 is 0 Å². The molecule has 12 nitrogen and oxygen atoms in total. The lowest BCUT2D eigenvalue weighted by Crippen LogP contribution is -2.57. The highest BCUT2D eigenvalue weighted by Crippen LogP contribution is 2.34. The first-order valence-corrected chi connectivity index (χ1v) is 12.3. The lowest BCUT2D eigenvalue weighted by Gasteiger charge is -2.43. The standard InChI is InChI=1S/C24H30F2N6O6/c1-12-3-4-14(21(26)20(12)25)15-9-32(30-28-15)22-23(35)19(10-33)38-18(24(22)36-2)7-13-8-31(29-27-13)16-11-37-6-5-17(16)34/h3-4,8-9,16-19,22-24,33-35H,5-7,10-11H2,1-2H3/t16-,17-,18-,19-,22+,23+,24+/m1/s1. The molecule has 38 heavy (non-hydrogen) atoms. The van der Waals surface area contributed by atoms with Crippen molar-refractivity contribution < 1.29 is 38.3 Å². The second-order valence-electron chi connectivity index (χ2n) is 9.61. The lowest BCUT2D eigenvalue weighted by atomic mass is 9.90. The van der Waals surface area contributed by atoms with Gasteiger partial charge in [-0.3, -0.25) is 0 Å². The van der Waals surface area contributed by atoms with Crippen LogP contribution in [-0.2, 0) is 20.6 Å². The molecule has 206 valence electrons. The smallest absolute Gasteiger partial charge is 0.168 e. The molecule has 14 heteroatoms. The van der Waals surface area contributed by atoms with Gasteiger partial charge < -0.3 is 29.5 Å². The molecule has 0 unspecified atom stereocenters. The van der Waals surface area contributed by atoms with Crippen LogP contribution in [-0.4, -0.2) is 103 Å². The summed E-state index contributed by atoms with van der Waals surface area (Å²) in [6, 6.07) is 1.61. The molecule has 2 fully saturated rings. The predicted octanol–water partition coefficient (Wildman–Crippen LogP) is 0.365. The first-order chi connectivity index (χ1) is 18.3. The molecular formula is C24H30F2N6O6. The number of aliphatic hydroxyl groups excluding tert-OH is 3. The monoisotopic (exact) mass is 536 g/mol.